The second kappa shape index (κ2) is 6.55. The van der Waals surface area contributed by atoms with Crippen LogP contribution < -0.4 is 5.32 Å². The number of aromatic nitrogens is 2. The summed E-state index contributed by atoms with van der Waals surface area (Å²) in [6.45, 7) is 8.09. The topological polar surface area (TPSA) is 76.5 Å². The van der Waals surface area contributed by atoms with Gasteiger partial charge in [-0.15, -0.1) is 0 Å². The zero-order valence-corrected chi connectivity index (χ0v) is 14.6. The van der Waals surface area contributed by atoms with Crippen LogP contribution in [0, 0.1) is 5.92 Å². The van der Waals surface area contributed by atoms with E-state index in [0.717, 1.165) is 5.82 Å². The van der Waals surface area contributed by atoms with Gasteiger partial charge in [0.2, 0.25) is 5.91 Å². The average Bonchev–Trinajstić information content (AvgIpc) is 3.02. The summed E-state index contributed by atoms with van der Waals surface area (Å²) in [4.78, 5) is 30.4. The van der Waals surface area contributed by atoms with Crippen molar-refractivity contribution < 1.29 is 14.3 Å². The number of likely N-dealkylation sites (tertiary alicyclic amines) is 1. The number of amides is 2. The summed E-state index contributed by atoms with van der Waals surface area (Å²) in [7, 11) is 0. The van der Waals surface area contributed by atoms with E-state index in [9.17, 15) is 9.59 Å². The number of hydrogen-bond donors (Lipinski definition) is 1. The third-order valence-electron chi connectivity index (χ3n) is 4.85. The SMILES string of the molecule is CC(=O)N1CCC2(CC1)OC(C(=O)NCC(C)C)Cn1ccnc12. The highest BCUT2D eigenvalue weighted by Crippen LogP contribution is 2.40. The number of carbonyl (C=O) groups is 2. The molecule has 0 aliphatic carbocycles. The van der Waals surface area contributed by atoms with Crippen molar-refractivity contribution >= 4 is 11.8 Å². The summed E-state index contributed by atoms with van der Waals surface area (Å²) in [5.74, 6) is 1.28. The lowest BCUT2D eigenvalue weighted by Gasteiger charge is -2.45. The van der Waals surface area contributed by atoms with E-state index in [1.165, 1.54) is 0 Å². The number of ether oxygens (including phenoxy) is 1. The number of nitrogens with one attached hydrogen (secondary N) is 1. The number of piperidine rings is 1. The fraction of sp³-hybridized carbons (Fsp3) is 0.706. The number of fused-ring (bicyclic) bond motifs is 2. The molecule has 1 atom stereocenters. The molecule has 3 heterocycles. The highest BCUT2D eigenvalue weighted by atomic mass is 16.5. The van der Waals surface area contributed by atoms with Crippen molar-refractivity contribution in [3.63, 3.8) is 0 Å². The summed E-state index contributed by atoms with van der Waals surface area (Å²) in [5, 5.41) is 2.96. The highest BCUT2D eigenvalue weighted by molar-refractivity contribution is 5.81. The van der Waals surface area contributed by atoms with Gasteiger partial charge in [-0.25, -0.2) is 4.98 Å². The van der Waals surface area contributed by atoms with Gasteiger partial charge in [-0.2, -0.15) is 0 Å². The predicted octanol–water partition coefficient (Wildman–Crippen LogP) is 0.892. The first-order valence-electron chi connectivity index (χ1n) is 8.64. The highest BCUT2D eigenvalue weighted by Gasteiger charge is 2.47. The van der Waals surface area contributed by atoms with Crippen LogP contribution >= 0.6 is 0 Å². The number of carbonyl (C=O) groups excluding carboxylic acids is 2. The quantitative estimate of drug-likeness (QED) is 0.891. The normalized spacial score (nSPS) is 22.5. The Morgan fingerprint density at radius 1 is 1.42 bits per heavy atom. The molecule has 2 aliphatic heterocycles. The van der Waals surface area contributed by atoms with Crippen molar-refractivity contribution in [1.82, 2.24) is 19.8 Å². The summed E-state index contributed by atoms with van der Waals surface area (Å²) in [6, 6.07) is 0. The van der Waals surface area contributed by atoms with E-state index in [4.69, 9.17) is 4.74 Å². The van der Waals surface area contributed by atoms with Crippen LogP contribution in [0.25, 0.3) is 0 Å². The van der Waals surface area contributed by atoms with Crippen molar-refractivity contribution in [2.24, 2.45) is 5.92 Å². The van der Waals surface area contributed by atoms with Gasteiger partial charge in [-0.3, -0.25) is 9.59 Å². The Balaban J connectivity index is 1.77. The molecule has 1 spiro atoms. The smallest absolute Gasteiger partial charge is 0.251 e. The molecule has 3 rings (SSSR count). The minimum Gasteiger partial charge on any atom is -0.354 e. The Labute approximate surface area is 142 Å². The standard InChI is InChI=1S/C17H26N4O3/c1-12(2)10-19-15(23)14-11-21-9-6-18-16(21)17(24-14)4-7-20(8-5-17)13(3)22/h6,9,12,14H,4-5,7-8,10-11H2,1-3H3,(H,19,23). The minimum atomic E-state index is -0.576. The molecule has 1 unspecified atom stereocenters. The van der Waals surface area contributed by atoms with Crippen molar-refractivity contribution in [2.75, 3.05) is 19.6 Å². The van der Waals surface area contributed by atoms with Crippen molar-refractivity contribution in [3.05, 3.63) is 18.2 Å². The van der Waals surface area contributed by atoms with Crippen LogP contribution in [0.15, 0.2) is 12.4 Å². The van der Waals surface area contributed by atoms with Gasteiger partial charge in [0.05, 0.1) is 6.54 Å². The van der Waals surface area contributed by atoms with Crippen molar-refractivity contribution in [1.29, 1.82) is 0 Å². The number of imidazole rings is 1. The lowest BCUT2D eigenvalue weighted by Crippen LogP contribution is -2.54. The molecule has 7 heteroatoms. The minimum absolute atomic E-state index is 0.0728. The second-order valence-electron chi connectivity index (χ2n) is 7.15. The van der Waals surface area contributed by atoms with E-state index in [2.05, 4.69) is 24.1 Å². The van der Waals surface area contributed by atoms with Gasteiger partial charge in [0.25, 0.3) is 5.91 Å². The molecule has 7 nitrogen and oxygen atoms in total. The molecule has 2 aliphatic rings. The molecule has 24 heavy (non-hydrogen) atoms. The van der Waals surface area contributed by atoms with E-state index in [1.807, 2.05) is 15.7 Å². The Bertz CT molecular complexity index is 617. The van der Waals surface area contributed by atoms with Crippen LogP contribution in [-0.4, -0.2) is 52.0 Å². The van der Waals surface area contributed by atoms with E-state index in [0.29, 0.717) is 44.9 Å². The Morgan fingerprint density at radius 2 is 2.12 bits per heavy atom. The third kappa shape index (κ3) is 3.17. The summed E-state index contributed by atoms with van der Waals surface area (Å²) in [6.07, 6.45) is 4.47. The molecule has 0 radical (unpaired) electrons. The average molecular weight is 334 g/mol. The van der Waals surface area contributed by atoms with Gasteiger partial charge >= 0.3 is 0 Å². The number of rotatable bonds is 3. The first-order valence-corrected chi connectivity index (χ1v) is 8.64. The van der Waals surface area contributed by atoms with Crippen LogP contribution in [0.4, 0.5) is 0 Å². The Hall–Kier alpha value is -1.89. The first-order chi connectivity index (χ1) is 11.4. The number of nitrogens with zero attached hydrogens (tertiary/aromatic N) is 3. The fourth-order valence-corrected chi connectivity index (χ4v) is 3.48. The zero-order chi connectivity index (χ0) is 17.3. The van der Waals surface area contributed by atoms with Crippen LogP contribution in [-0.2, 0) is 26.5 Å². The van der Waals surface area contributed by atoms with Gasteiger partial charge in [0.15, 0.2) is 6.10 Å². The second-order valence-corrected chi connectivity index (χ2v) is 7.15. The maximum Gasteiger partial charge on any atom is 0.251 e. The van der Waals surface area contributed by atoms with Gasteiger partial charge < -0.3 is 19.5 Å². The number of hydrogen-bond acceptors (Lipinski definition) is 4. The van der Waals surface area contributed by atoms with Gasteiger partial charge in [0, 0.05) is 51.8 Å². The van der Waals surface area contributed by atoms with Gasteiger partial charge in [0.1, 0.15) is 11.4 Å². The third-order valence-corrected chi connectivity index (χ3v) is 4.85. The maximum atomic E-state index is 12.5. The molecular weight excluding hydrogens is 308 g/mol. The van der Waals surface area contributed by atoms with Crippen LogP contribution in [0.1, 0.15) is 39.4 Å². The fourth-order valence-electron chi connectivity index (χ4n) is 3.48. The molecule has 0 aromatic carbocycles. The van der Waals surface area contributed by atoms with Gasteiger partial charge in [-0.1, -0.05) is 13.8 Å². The molecule has 1 N–H and O–H groups in total. The van der Waals surface area contributed by atoms with Crippen LogP contribution in [0.3, 0.4) is 0 Å². The van der Waals surface area contributed by atoms with Crippen LogP contribution in [0.5, 0.6) is 0 Å². The lowest BCUT2D eigenvalue weighted by atomic mass is 9.88. The van der Waals surface area contributed by atoms with Crippen molar-refractivity contribution in [3.8, 4) is 0 Å². The molecule has 1 aromatic heterocycles. The maximum absolute atomic E-state index is 12.5. The monoisotopic (exact) mass is 334 g/mol. The lowest BCUT2D eigenvalue weighted by molar-refractivity contribution is -0.175. The molecule has 2 amide bonds. The molecule has 1 saturated heterocycles. The van der Waals surface area contributed by atoms with E-state index >= 15 is 0 Å². The molecule has 1 fully saturated rings. The van der Waals surface area contributed by atoms with Crippen molar-refractivity contribution in [2.45, 2.75) is 51.9 Å². The largest absolute Gasteiger partial charge is 0.354 e. The molecule has 132 valence electrons. The molecular formula is C17H26N4O3. The van der Waals surface area contributed by atoms with E-state index < -0.39 is 11.7 Å². The predicted molar refractivity (Wildman–Crippen MR) is 88.1 cm³/mol. The molecule has 0 bridgehead atoms. The molecule has 1 aromatic rings. The summed E-state index contributed by atoms with van der Waals surface area (Å²) in [5.41, 5.74) is -0.576. The molecule has 0 saturated carbocycles. The zero-order valence-electron chi connectivity index (χ0n) is 14.6. The van der Waals surface area contributed by atoms with E-state index in [1.54, 1.807) is 13.1 Å². The Kier molecular flexibility index (Phi) is 4.62. The van der Waals surface area contributed by atoms with Crippen LogP contribution in [0.2, 0.25) is 0 Å². The summed E-state index contributed by atoms with van der Waals surface area (Å²) >= 11 is 0. The van der Waals surface area contributed by atoms with Gasteiger partial charge in [-0.05, 0) is 5.92 Å². The summed E-state index contributed by atoms with van der Waals surface area (Å²) < 4.78 is 8.31. The Morgan fingerprint density at radius 3 is 2.75 bits per heavy atom. The first kappa shape index (κ1) is 17.0. The van der Waals surface area contributed by atoms with E-state index in [-0.39, 0.29) is 11.8 Å².